The summed E-state index contributed by atoms with van der Waals surface area (Å²) >= 11 is 0. The lowest BCUT2D eigenvalue weighted by molar-refractivity contribution is -0.122. The first-order chi connectivity index (χ1) is 19.6. The van der Waals surface area contributed by atoms with Gasteiger partial charge in [-0.3, -0.25) is 9.18 Å². The standard InChI is InChI=1S/C30H40F3N3O4S/c1-40-20-30(14-4-15-31,22-8-10-23(32)11-9-22)29(34)28(37)17-21-5-2-7-27(33)26(21)13-12-25-18-35-24-6-3-16-41(38,39)36(25)19-24/h2,5,7-11,24-25,29,35H,3-4,6,12-20,34H2,1H3/t24?,25-,29+,30?/m0/s1. The predicted molar refractivity (Wildman–Crippen MR) is 152 cm³/mol. The third kappa shape index (κ3) is 7.19. The second-order valence-corrected chi connectivity index (χ2v) is 13.3. The smallest absolute Gasteiger partial charge is 0.214 e. The molecule has 2 heterocycles. The lowest BCUT2D eigenvalue weighted by Crippen LogP contribution is -2.57. The zero-order valence-corrected chi connectivity index (χ0v) is 24.3. The largest absolute Gasteiger partial charge is 0.384 e. The van der Waals surface area contributed by atoms with Crippen LogP contribution in [-0.2, 0) is 37.8 Å². The highest BCUT2D eigenvalue weighted by Crippen LogP contribution is 2.35. The van der Waals surface area contributed by atoms with E-state index in [2.05, 4.69) is 5.32 Å². The minimum atomic E-state index is -3.39. The maximum Gasteiger partial charge on any atom is 0.214 e. The van der Waals surface area contributed by atoms with Gasteiger partial charge in [-0.05, 0) is 73.4 Å². The van der Waals surface area contributed by atoms with Gasteiger partial charge in [0, 0.05) is 44.1 Å². The molecule has 2 aliphatic heterocycles. The van der Waals surface area contributed by atoms with Gasteiger partial charge in [0.05, 0.1) is 25.1 Å². The molecule has 0 aromatic heterocycles. The number of nitrogens with two attached hydrogens (primary N) is 1. The molecule has 0 radical (unpaired) electrons. The maximum absolute atomic E-state index is 15.2. The second kappa shape index (κ2) is 13.8. The van der Waals surface area contributed by atoms with Crippen LogP contribution in [0.5, 0.6) is 0 Å². The second-order valence-electron chi connectivity index (χ2n) is 11.2. The SMILES string of the molecule is COCC(CCCF)(c1ccc(F)cc1)[C@H](N)C(=O)Cc1cccc(F)c1CC[C@H]1CNC2CCCS(=O)(=O)N1C2. The molecule has 226 valence electrons. The normalized spacial score (nSPS) is 24.3. The number of hydrogen-bond acceptors (Lipinski definition) is 6. The van der Waals surface area contributed by atoms with Crippen molar-refractivity contribution in [3.8, 4) is 0 Å². The summed E-state index contributed by atoms with van der Waals surface area (Å²) in [6.45, 7) is 0.296. The highest BCUT2D eigenvalue weighted by molar-refractivity contribution is 7.89. The van der Waals surface area contributed by atoms with Crippen LogP contribution in [0.15, 0.2) is 42.5 Å². The first-order valence-corrected chi connectivity index (χ1v) is 15.8. The van der Waals surface area contributed by atoms with Gasteiger partial charge < -0.3 is 15.8 Å². The highest BCUT2D eigenvalue weighted by atomic mass is 32.2. The van der Waals surface area contributed by atoms with Crippen LogP contribution in [0.3, 0.4) is 0 Å². The van der Waals surface area contributed by atoms with E-state index in [1.54, 1.807) is 10.4 Å². The Labute approximate surface area is 240 Å². The van der Waals surface area contributed by atoms with Gasteiger partial charge in [-0.25, -0.2) is 17.2 Å². The molecule has 2 bridgehead atoms. The van der Waals surface area contributed by atoms with Crippen molar-refractivity contribution in [3.05, 3.63) is 70.8 Å². The molecule has 2 aromatic rings. The summed E-state index contributed by atoms with van der Waals surface area (Å²) in [5, 5.41) is 3.42. The minimum Gasteiger partial charge on any atom is -0.384 e. The van der Waals surface area contributed by atoms with Crippen LogP contribution >= 0.6 is 0 Å². The average molecular weight is 596 g/mol. The van der Waals surface area contributed by atoms with E-state index < -0.39 is 39.8 Å². The predicted octanol–water partition coefficient (Wildman–Crippen LogP) is 3.44. The van der Waals surface area contributed by atoms with E-state index in [4.69, 9.17) is 10.5 Å². The van der Waals surface area contributed by atoms with Crippen molar-refractivity contribution in [1.29, 1.82) is 0 Å². The molecule has 2 fully saturated rings. The first kappa shape index (κ1) is 31.6. The van der Waals surface area contributed by atoms with Gasteiger partial charge in [-0.1, -0.05) is 24.3 Å². The van der Waals surface area contributed by atoms with Crippen LogP contribution in [0.1, 0.15) is 48.8 Å². The van der Waals surface area contributed by atoms with E-state index in [9.17, 15) is 22.0 Å². The zero-order valence-electron chi connectivity index (χ0n) is 23.5. The molecule has 2 aromatic carbocycles. The Kier molecular flexibility index (Phi) is 10.6. The van der Waals surface area contributed by atoms with Gasteiger partial charge in [0.2, 0.25) is 10.0 Å². The van der Waals surface area contributed by atoms with Gasteiger partial charge in [0.15, 0.2) is 5.78 Å². The number of carbonyl (C=O) groups excluding carboxylic acids is 1. The number of halogens is 3. The van der Waals surface area contributed by atoms with Crippen molar-refractivity contribution >= 4 is 15.8 Å². The van der Waals surface area contributed by atoms with E-state index >= 15 is 4.39 Å². The van der Waals surface area contributed by atoms with Crippen molar-refractivity contribution in [2.45, 2.75) is 68.5 Å². The Morgan fingerprint density at radius 2 is 1.98 bits per heavy atom. The number of piperazine rings is 1. The van der Waals surface area contributed by atoms with Gasteiger partial charge in [-0.15, -0.1) is 0 Å². The topological polar surface area (TPSA) is 102 Å². The van der Waals surface area contributed by atoms with Crippen LogP contribution in [0.2, 0.25) is 0 Å². The fraction of sp³-hybridized carbons (Fsp3) is 0.567. The minimum absolute atomic E-state index is 0.0154. The summed E-state index contributed by atoms with van der Waals surface area (Å²) < 4.78 is 74.9. The zero-order chi connectivity index (χ0) is 29.6. The molecule has 2 saturated heterocycles. The number of carbonyl (C=O) groups is 1. The number of methoxy groups -OCH3 is 1. The van der Waals surface area contributed by atoms with Gasteiger partial charge in [0.1, 0.15) is 11.6 Å². The molecule has 0 amide bonds. The summed E-state index contributed by atoms with van der Waals surface area (Å²) in [4.78, 5) is 13.7. The first-order valence-electron chi connectivity index (χ1n) is 14.2. The summed E-state index contributed by atoms with van der Waals surface area (Å²) in [6.07, 6.45) is 2.22. The summed E-state index contributed by atoms with van der Waals surface area (Å²) in [7, 11) is -1.93. The molecule has 5 atom stereocenters. The Hall–Kier alpha value is -2.31. The lowest BCUT2D eigenvalue weighted by atomic mass is 9.69. The lowest BCUT2D eigenvalue weighted by Gasteiger charge is -2.38. The quantitative estimate of drug-likeness (QED) is 0.368. The summed E-state index contributed by atoms with van der Waals surface area (Å²) in [6, 6.07) is 8.83. The summed E-state index contributed by atoms with van der Waals surface area (Å²) in [5.74, 6) is -1.19. The molecule has 4 rings (SSSR count). The molecule has 3 N–H and O–H groups in total. The van der Waals surface area contributed by atoms with E-state index in [1.165, 1.54) is 43.5 Å². The van der Waals surface area contributed by atoms with Gasteiger partial charge in [-0.2, -0.15) is 4.31 Å². The van der Waals surface area contributed by atoms with Crippen molar-refractivity contribution in [2.24, 2.45) is 5.73 Å². The van der Waals surface area contributed by atoms with Gasteiger partial charge in [0.25, 0.3) is 0 Å². The van der Waals surface area contributed by atoms with E-state index in [0.717, 1.165) is 6.42 Å². The number of alkyl halides is 1. The number of nitrogens with one attached hydrogen (secondary N) is 1. The number of hydrogen-bond donors (Lipinski definition) is 2. The van der Waals surface area contributed by atoms with E-state index in [0.29, 0.717) is 42.6 Å². The molecule has 0 spiro atoms. The molecule has 0 aliphatic carbocycles. The number of fused-ring (bicyclic) bond motifs is 2. The highest BCUT2D eigenvalue weighted by Gasteiger charge is 2.42. The Morgan fingerprint density at radius 3 is 2.68 bits per heavy atom. The van der Waals surface area contributed by atoms with E-state index in [1.807, 2.05) is 0 Å². The number of rotatable bonds is 13. The molecule has 2 aliphatic rings. The Bertz CT molecular complexity index is 1290. The van der Waals surface area contributed by atoms with Crippen molar-refractivity contribution in [3.63, 3.8) is 0 Å². The van der Waals surface area contributed by atoms with Crippen molar-refractivity contribution < 1.29 is 31.1 Å². The fourth-order valence-electron chi connectivity index (χ4n) is 6.36. The monoisotopic (exact) mass is 595 g/mol. The number of ether oxygens (including phenoxy) is 1. The van der Waals surface area contributed by atoms with Crippen molar-refractivity contribution in [1.82, 2.24) is 9.62 Å². The number of benzene rings is 2. The van der Waals surface area contributed by atoms with Crippen LogP contribution in [0.25, 0.3) is 0 Å². The molecule has 7 nitrogen and oxygen atoms in total. The molecular formula is C30H40F3N3O4S. The Morgan fingerprint density at radius 1 is 1.22 bits per heavy atom. The molecular weight excluding hydrogens is 555 g/mol. The fourth-order valence-corrected chi connectivity index (χ4v) is 8.16. The molecule has 41 heavy (non-hydrogen) atoms. The third-order valence-corrected chi connectivity index (χ3v) is 10.6. The van der Waals surface area contributed by atoms with Crippen LogP contribution in [0.4, 0.5) is 13.2 Å². The van der Waals surface area contributed by atoms with Crippen LogP contribution in [0, 0.1) is 11.6 Å². The number of nitrogens with zero attached hydrogens (tertiary/aromatic N) is 1. The average Bonchev–Trinajstić information content (AvgIpc) is 3.06. The molecule has 3 unspecified atom stereocenters. The van der Waals surface area contributed by atoms with Crippen LogP contribution in [-0.4, -0.2) is 75.9 Å². The van der Waals surface area contributed by atoms with E-state index in [-0.39, 0.29) is 55.9 Å². The Balaban J connectivity index is 1.56. The van der Waals surface area contributed by atoms with Crippen LogP contribution < -0.4 is 11.1 Å². The maximum atomic E-state index is 15.2. The molecule has 0 saturated carbocycles. The van der Waals surface area contributed by atoms with Crippen molar-refractivity contribution in [2.75, 3.05) is 39.2 Å². The molecule has 11 heteroatoms. The number of ketones is 1. The third-order valence-electron chi connectivity index (χ3n) is 8.59. The summed E-state index contributed by atoms with van der Waals surface area (Å²) in [5.41, 5.74) is 6.88. The van der Waals surface area contributed by atoms with Gasteiger partial charge >= 0.3 is 0 Å². The number of sulfonamides is 1. The number of Topliss-reactive ketones (excluding diaryl/α,β-unsaturated/α-hetero) is 1.